The highest BCUT2D eigenvalue weighted by atomic mass is 35.5. The summed E-state index contributed by atoms with van der Waals surface area (Å²) in [6, 6.07) is 13.5. The molecule has 2 aliphatic heterocycles. The number of carbonyl (C=O) groups excluding carboxylic acids is 2. The molecule has 12 heteroatoms. The minimum atomic E-state index is -3.54. The summed E-state index contributed by atoms with van der Waals surface area (Å²) >= 11 is 6.47. The first-order valence-electron chi connectivity index (χ1n) is 18.6. The van der Waals surface area contributed by atoms with Crippen molar-refractivity contribution < 1.29 is 23.3 Å². The SMILES string of the molecule is COC1/C=C/CC(C)C(C)S(=O)(NC(=O)CCc2ccnn2C)=NC(=O)c2ccc3c(c2)N(CC2CCC21)CC1(CCCc2cc(Cl)ccc21)CO3. The van der Waals surface area contributed by atoms with Crippen molar-refractivity contribution in [2.24, 2.45) is 29.2 Å². The predicted molar refractivity (Wildman–Crippen MR) is 204 cm³/mol. The van der Waals surface area contributed by atoms with Crippen molar-refractivity contribution in [3.63, 3.8) is 0 Å². The highest BCUT2D eigenvalue weighted by molar-refractivity contribution is 7.93. The maximum Gasteiger partial charge on any atom is 0.286 e. The van der Waals surface area contributed by atoms with Crippen LogP contribution in [0.3, 0.4) is 0 Å². The van der Waals surface area contributed by atoms with E-state index >= 15 is 0 Å². The molecule has 1 fully saturated rings. The standard InChI is InChI=1S/C40H50ClN5O5S/c1-26-7-5-9-36(50-4)33-14-10-30(33)23-46-24-40(19-6-8-28-21-31(41)12-15-34(28)40)25-51-37-16-11-29(22-35(37)46)39(48)44-52(49,27(26)2)43-38(47)17-13-32-18-20-42-45(32)3/h5,9,11-12,15-16,18,20-22,26-27,30,33,36H,6-8,10,13-14,17,19,23-25H2,1-4H3,(H,43,44,47,48,49)/b9-5+. The zero-order chi connectivity index (χ0) is 36.6. The second-order valence-electron chi connectivity index (χ2n) is 15.3. The third-order valence-corrected chi connectivity index (χ3v) is 14.7. The van der Waals surface area contributed by atoms with E-state index in [4.69, 9.17) is 21.1 Å². The molecule has 2 aliphatic carbocycles. The summed E-state index contributed by atoms with van der Waals surface area (Å²) < 4.78 is 36.4. The highest BCUT2D eigenvalue weighted by Gasteiger charge is 2.44. The van der Waals surface area contributed by atoms with Crippen LogP contribution in [0.1, 0.15) is 79.6 Å². The van der Waals surface area contributed by atoms with Crippen LogP contribution < -0.4 is 14.4 Å². The Kier molecular flexibility index (Phi) is 10.6. The molecule has 278 valence electrons. The second-order valence-corrected chi connectivity index (χ2v) is 18.0. The molecule has 52 heavy (non-hydrogen) atoms. The van der Waals surface area contributed by atoms with Crippen LogP contribution in [0.4, 0.5) is 5.69 Å². The van der Waals surface area contributed by atoms with E-state index in [0.29, 0.717) is 42.6 Å². The maximum atomic E-state index is 14.8. The topological polar surface area (TPSA) is 115 Å². The van der Waals surface area contributed by atoms with E-state index in [9.17, 15) is 13.8 Å². The number of hydrogen-bond acceptors (Lipinski definition) is 7. The van der Waals surface area contributed by atoms with E-state index in [0.717, 1.165) is 61.6 Å². The van der Waals surface area contributed by atoms with Gasteiger partial charge >= 0.3 is 0 Å². The van der Waals surface area contributed by atoms with E-state index in [1.54, 1.807) is 31.0 Å². The normalized spacial score (nSPS) is 30.9. The van der Waals surface area contributed by atoms with E-state index < -0.39 is 27.0 Å². The lowest BCUT2D eigenvalue weighted by molar-refractivity contribution is -0.119. The van der Waals surface area contributed by atoms with Crippen molar-refractivity contribution in [3.05, 3.63) is 88.2 Å². The van der Waals surface area contributed by atoms with Gasteiger partial charge in [0.15, 0.2) is 0 Å². The van der Waals surface area contributed by atoms with Gasteiger partial charge in [-0.3, -0.25) is 19.0 Å². The fourth-order valence-corrected chi connectivity index (χ4v) is 10.7. The number of hydrogen-bond donors (Lipinski definition) is 1. The number of amides is 2. The molecule has 0 radical (unpaired) electrons. The number of methoxy groups -OCH3 is 1. The van der Waals surface area contributed by atoms with Gasteiger partial charge in [-0.25, -0.2) is 4.21 Å². The van der Waals surface area contributed by atoms with Crippen LogP contribution in [-0.4, -0.2) is 64.0 Å². The van der Waals surface area contributed by atoms with Crippen LogP contribution in [0.5, 0.6) is 5.75 Å². The quantitative estimate of drug-likeness (QED) is 0.284. The number of rotatable bonds is 5. The van der Waals surface area contributed by atoms with Crippen LogP contribution in [0.15, 0.2) is 65.2 Å². The molecule has 4 aliphatic rings. The number of allylic oxidation sites excluding steroid dienone is 1. The number of aromatic nitrogens is 2. The summed E-state index contributed by atoms with van der Waals surface area (Å²) in [5, 5.41) is 4.30. The fraction of sp³-hybridized carbons (Fsp3) is 0.525. The van der Waals surface area contributed by atoms with Gasteiger partial charge in [-0.05, 0) is 117 Å². The van der Waals surface area contributed by atoms with Gasteiger partial charge in [0.1, 0.15) is 15.7 Å². The molecule has 1 N–H and O–H groups in total. The summed E-state index contributed by atoms with van der Waals surface area (Å²) in [7, 11) is 0.0480. The maximum absolute atomic E-state index is 14.8. The first-order valence-corrected chi connectivity index (χ1v) is 20.5. The van der Waals surface area contributed by atoms with Gasteiger partial charge in [0.05, 0.1) is 23.6 Å². The van der Waals surface area contributed by atoms with Crippen LogP contribution in [-0.2, 0) is 44.8 Å². The van der Waals surface area contributed by atoms with Gasteiger partial charge in [0.25, 0.3) is 5.91 Å². The number of ether oxygens (including phenoxy) is 2. The molecular formula is C40H50ClN5O5S. The van der Waals surface area contributed by atoms with E-state index in [1.807, 2.05) is 38.2 Å². The molecule has 3 heterocycles. The average molecular weight is 748 g/mol. The molecule has 0 saturated heterocycles. The van der Waals surface area contributed by atoms with Crippen LogP contribution in [0, 0.1) is 17.8 Å². The van der Waals surface area contributed by atoms with Gasteiger partial charge < -0.3 is 14.4 Å². The largest absolute Gasteiger partial charge is 0.490 e. The number of fused-ring (bicyclic) bond motifs is 4. The lowest BCUT2D eigenvalue weighted by Gasteiger charge is -2.46. The molecule has 1 spiro atoms. The van der Waals surface area contributed by atoms with E-state index in [1.165, 1.54) is 11.1 Å². The molecule has 2 aromatic carbocycles. The molecular weight excluding hydrogens is 698 g/mol. The Hall–Kier alpha value is -3.67. The van der Waals surface area contributed by atoms with Crippen molar-refractivity contribution in [3.8, 4) is 5.75 Å². The van der Waals surface area contributed by atoms with Crippen LogP contribution in [0.25, 0.3) is 0 Å². The van der Waals surface area contributed by atoms with Crippen molar-refractivity contribution >= 4 is 39.0 Å². The van der Waals surface area contributed by atoms with Crippen molar-refractivity contribution in [2.75, 3.05) is 31.7 Å². The summed E-state index contributed by atoms with van der Waals surface area (Å²) in [5.41, 5.74) is 4.30. The molecule has 2 bridgehead atoms. The summed E-state index contributed by atoms with van der Waals surface area (Å²) in [4.78, 5) is 29.9. The third-order valence-electron chi connectivity index (χ3n) is 12.1. The zero-order valence-corrected chi connectivity index (χ0v) is 32.1. The Morgan fingerprint density at radius 2 is 2.02 bits per heavy atom. The zero-order valence-electron chi connectivity index (χ0n) is 30.6. The number of benzene rings is 2. The monoisotopic (exact) mass is 747 g/mol. The molecule has 7 atom stereocenters. The third kappa shape index (κ3) is 7.28. The van der Waals surface area contributed by atoms with E-state index in [2.05, 4.69) is 43.4 Å². The molecule has 7 unspecified atom stereocenters. The smallest absolute Gasteiger partial charge is 0.286 e. The Morgan fingerprint density at radius 3 is 2.77 bits per heavy atom. The number of aryl methyl sites for hydroxylation is 3. The number of carbonyl (C=O) groups is 2. The summed E-state index contributed by atoms with van der Waals surface area (Å²) in [6.07, 6.45) is 12.1. The average Bonchev–Trinajstić information content (AvgIpc) is 3.46. The minimum absolute atomic E-state index is 0.0583. The van der Waals surface area contributed by atoms with Gasteiger partial charge in [0, 0.05) is 61.6 Å². The number of nitrogens with one attached hydrogen (secondary N) is 1. The Labute approximate surface area is 312 Å². The number of halogens is 1. The summed E-state index contributed by atoms with van der Waals surface area (Å²) in [6.45, 7) is 5.80. The molecule has 3 aromatic rings. The lowest BCUT2D eigenvalue weighted by atomic mass is 9.68. The van der Waals surface area contributed by atoms with Crippen molar-refractivity contribution in [2.45, 2.75) is 82.0 Å². The Morgan fingerprint density at radius 1 is 1.17 bits per heavy atom. The highest BCUT2D eigenvalue weighted by Crippen LogP contribution is 2.47. The van der Waals surface area contributed by atoms with Gasteiger partial charge in [-0.15, -0.1) is 4.36 Å². The number of anilines is 1. The first-order chi connectivity index (χ1) is 25.0. The second kappa shape index (κ2) is 15.0. The van der Waals surface area contributed by atoms with Gasteiger partial charge in [0.2, 0.25) is 5.91 Å². The molecule has 1 saturated carbocycles. The fourth-order valence-electron chi connectivity index (χ4n) is 8.59. The van der Waals surface area contributed by atoms with Gasteiger partial charge in [-0.2, -0.15) is 5.10 Å². The Bertz CT molecular complexity index is 1990. The van der Waals surface area contributed by atoms with Gasteiger partial charge in [-0.1, -0.05) is 36.7 Å². The van der Waals surface area contributed by atoms with Crippen molar-refractivity contribution in [1.29, 1.82) is 0 Å². The summed E-state index contributed by atoms with van der Waals surface area (Å²) in [5.74, 6) is 0.230. The van der Waals surface area contributed by atoms with E-state index in [-0.39, 0.29) is 23.9 Å². The first kappa shape index (κ1) is 36.7. The Balaban J connectivity index is 1.28. The number of nitrogens with zero attached hydrogens (tertiary/aromatic N) is 4. The minimum Gasteiger partial charge on any atom is -0.490 e. The van der Waals surface area contributed by atoms with Crippen molar-refractivity contribution in [1.82, 2.24) is 14.5 Å². The van der Waals surface area contributed by atoms with Crippen LogP contribution >= 0.6 is 11.6 Å². The van der Waals surface area contributed by atoms with Crippen LogP contribution in [0.2, 0.25) is 5.02 Å². The molecule has 10 nitrogen and oxygen atoms in total. The lowest BCUT2D eigenvalue weighted by Crippen LogP contribution is -2.49. The molecule has 1 aromatic heterocycles. The predicted octanol–water partition coefficient (Wildman–Crippen LogP) is 6.84. The molecule has 7 rings (SSSR count). The molecule has 2 amide bonds.